The Morgan fingerprint density at radius 3 is 2.37 bits per heavy atom. The van der Waals surface area contributed by atoms with Crippen LogP contribution in [0.2, 0.25) is 0 Å². The van der Waals surface area contributed by atoms with Crippen LogP contribution in [0.1, 0.15) is 48.2 Å². The second-order valence-corrected chi connectivity index (χ2v) is 6.63. The summed E-state index contributed by atoms with van der Waals surface area (Å²) in [6.45, 7) is 8.28. The molecule has 0 saturated heterocycles. The van der Waals surface area contributed by atoms with Gasteiger partial charge in [0.25, 0.3) is 11.8 Å². The number of aryl methyl sites for hydroxylation is 2. The third kappa shape index (κ3) is 5.58. The molecule has 0 heterocycles. The van der Waals surface area contributed by atoms with E-state index in [1.807, 2.05) is 32.0 Å². The van der Waals surface area contributed by atoms with Crippen LogP contribution >= 0.6 is 0 Å². The van der Waals surface area contributed by atoms with E-state index in [1.165, 1.54) is 0 Å². The van der Waals surface area contributed by atoms with Crippen LogP contribution in [0.3, 0.4) is 0 Å². The van der Waals surface area contributed by atoms with Crippen molar-refractivity contribution in [2.24, 2.45) is 0 Å². The smallest absolute Gasteiger partial charge is 0.265 e. The van der Waals surface area contributed by atoms with Crippen LogP contribution in [0.15, 0.2) is 42.5 Å². The fraction of sp³-hybridized carbons (Fsp3) is 0.364. The van der Waals surface area contributed by atoms with Crippen molar-refractivity contribution in [3.8, 4) is 5.75 Å². The van der Waals surface area contributed by atoms with Gasteiger partial charge in [0.05, 0.1) is 11.3 Å². The molecular formula is C22H28N2O3. The Morgan fingerprint density at radius 1 is 1.04 bits per heavy atom. The minimum Gasteiger partial charge on any atom is -0.480 e. The number of carbonyl (C=O) groups is 2. The molecule has 2 N–H and O–H groups in total. The standard InChI is InChI=1S/C22H28N2O3/c1-5-6-14-23-22(26)18-12-7-8-13-19(18)24-21(25)17(4)27-20-15(2)10-9-11-16(20)3/h7-13,17H,5-6,14H2,1-4H3,(H,23,26)(H,24,25). The number of para-hydroxylation sites is 2. The van der Waals surface area contributed by atoms with Gasteiger partial charge in [-0.15, -0.1) is 0 Å². The summed E-state index contributed by atoms with van der Waals surface area (Å²) in [5.74, 6) is 0.222. The van der Waals surface area contributed by atoms with Crippen molar-refractivity contribution in [3.63, 3.8) is 0 Å². The number of unbranched alkanes of at least 4 members (excludes halogenated alkanes) is 1. The molecule has 27 heavy (non-hydrogen) atoms. The Hall–Kier alpha value is -2.82. The molecule has 2 aromatic carbocycles. The molecule has 0 aromatic heterocycles. The second-order valence-electron chi connectivity index (χ2n) is 6.63. The molecule has 0 saturated carbocycles. The molecular weight excluding hydrogens is 340 g/mol. The van der Waals surface area contributed by atoms with Crippen LogP contribution < -0.4 is 15.4 Å². The van der Waals surface area contributed by atoms with E-state index in [1.54, 1.807) is 31.2 Å². The molecule has 1 unspecified atom stereocenters. The van der Waals surface area contributed by atoms with Gasteiger partial charge in [0.15, 0.2) is 6.10 Å². The highest BCUT2D eigenvalue weighted by atomic mass is 16.5. The highest BCUT2D eigenvalue weighted by Crippen LogP contribution is 2.24. The molecule has 0 bridgehead atoms. The van der Waals surface area contributed by atoms with Crippen LogP contribution in [-0.4, -0.2) is 24.5 Å². The van der Waals surface area contributed by atoms with Crippen LogP contribution in [-0.2, 0) is 4.79 Å². The number of hydrogen-bond acceptors (Lipinski definition) is 3. The van der Waals surface area contributed by atoms with E-state index in [0.717, 1.165) is 24.0 Å². The molecule has 2 aromatic rings. The van der Waals surface area contributed by atoms with Crippen molar-refractivity contribution >= 4 is 17.5 Å². The summed E-state index contributed by atoms with van der Waals surface area (Å²) >= 11 is 0. The maximum absolute atomic E-state index is 12.6. The van der Waals surface area contributed by atoms with Crippen molar-refractivity contribution in [3.05, 3.63) is 59.2 Å². The lowest BCUT2D eigenvalue weighted by atomic mass is 10.1. The van der Waals surface area contributed by atoms with Gasteiger partial charge in [-0.25, -0.2) is 0 Å². The highest BCUT2D eigenvalue weighted by molar-refractivity contribution is 6.04. The van der Waals surface area contributed by atoms with E-state index in [2.05, 4.69) is 17.6 Å². The third-order valence-electron chi connectivity index (χ3n) is 4.32. The van der Waals surface area contributed by atoms with Gasteiger partial charge in [-0.05, 0) is 50.5 Å². The van der Waals surface area contributed by atoms with E-state index < -0.39 is 6.10 Å². The van der Waals surface area contributed by atoms with Gasteiger partial charge in [0.2, 0.25) is 0 Å². The number of rotatable bonds is 8. The molecule has 1 atom stereocenters. The first-order valence-electron chi connectivity index (χ1n) is 9.35. The zero-order valence-corrected chi connectivity index (χ0v) is 16.5. The van der Waals surface area contributed by atoms with Crippen LogP contribution in [0.5, 0.6) is 5.75 Å². The zero-order chi connectivity index (χ0) is 19.8. The largest absolute Gasteiger partial charge is 0.480 e. The molecule has 0 spiro atoms. The Bertz CT molecular complexity index is 782. The molecule has 0 aliphatic carbocycles. The van der Waals surface area contributed by atoms with Crippen molar-refractivity contribution in [2.45, 2.75) is 46.6 Å². The summed E-state index contributed by atoms with van der Waals surface area (Å²) in [6, 6.07) is 12.8. The molecule has 0 aliphatic heterocycles. The number of benzene rings is 2. The lowest BCUT2D eigenvalue weighted by Crippen LogP contribution is -2.32. The normalized spacial score (nSPS) is 11.6. The molecule has 2 rings (SSSR count). The monoisotopic (exact) mass is 368 g/mol. The number of amides is 2. The molecule has 144 valence electrons. The fourth-order valence-electron chi connectivity index (χ4n) is 2.71. The van der Waals surface area contributed by atoms with E-state index in [4.69, 9.17) is 4.74 Å². The second kappa shape index (κ2) is 9.76. The summed E-state index contributed by atoms with van der Waals surface area (Å²) in [4.78, 5) is 25.0. The van der Waals surface area contributed by atoms with E-state index >= 15 is 0 Å². The van der Waals surface area contributed by atoms with Crippen molar-refractivity contribution in [1.29, 1.82) is 0 Å². The van der Waals surface area contributed by atoms with E-state index in [9.17, 15) is 9.59 Å². The highest BCUT2D eigenvalue weighted by Gasteiger charge is 2.19. The van der Waals surface area contributed by atoms with Gasteiger partial charge in [-0.3, -0.25) is 9.59 Å². The van der Waals surface area contributed by atoms with Crippen molar-refractivity contribution in [1.82, 2.24) is 5.32 Å². The molecule has 5 heteroatoms. The Kier molecular flexibility index (Phi) is 7.41. The summed E-state index contributed by atoms with van der Waals surface area (Å²) < 4.78 is 5.88. The van der Waals surface area contributed by atoms with Crippen LogP contribution in [0, 0.1) is 13.8 Å². The third-order valence-corrected chi connectivity index (χ3v) is 4.32. The average molecular weight is 368 g/mol. The maximum atomic E-state index is 12.6. The molecule has 2 amide bonds. The fourth-order valence-corrected chi connectivity index (χ4v) is 2.71. The first-order chi connectivity index (χ1) is 12.9. The molecule has 0 aliphatic rings. The summed E-state index contributed by atoms with van der Waals surface area (Å²) in [7, 11) is 0. The van der Waals surface area contributed by atoms with E-state index in [-0.39, 0.29) is 11.8 Å². The lowest BCUT2D eigenvalue weighted by Gasteiger charge is -2.19. The van der Waals surface area contributed by atoms with Gasteiger partial charge in [0.1, 0.15) is 5.75 Å². The van der Waals surface area contributed by atoms with Crippen molar-refractivity contribution < 1.29 is 14.3 Å². The zero-order valence-electron chi connectivity index (χ0n) is 16.5. The van der Waals surface area contributed by atoms with Crippen LogP contribution in [0.25, 0.3) is 0 Å². The van der Waals surface area contributed by atoms with Crippen molar-refractivity contribution in [2.75, 3.05) is 11.9 Å². The summed E-state index contributed by atoms with van der Waals surface area (Å²) in [5, 5.41) is 5.69. The first kappa shape index (κ1) is 20.5. The van der Waals surface area contributed by atoms with Crippen LogP contribution in [0.4, 0.5) is 5.69 Å². The number of anilines is 1. The van der Waals surface area contributed by atoms with Gasteiger partial charge in [-0.2, -0.15) is 0 Å². The maximum Gasteiger partial charge on any atom is 0.265 e. The van der Waals surface area contributed by atoms with Gasteiger partial charge < -0.3 is 15.4 Å². The van der Waals surface area contributed by atoms with Gasteiger partial charge in [0, 0.05) is 6.54 Å². The minimum atomic E-state index is -0.694. The van der Waals surface area contributed by atoms with Gasteiger partial charge >= 0.3 is 0 Å². The van der Waals surface area contributed by atoms with E-state index in [0.29, 0.717) is 23.5 Å². The molecule has 0 radical (unpaired) electrons. The Labute approximate surface area is 161 Å². The summed E-state index contributed by atoms with van der Waals surface area (Å²) in [5.41, 5.74) is 2.88. The number of nitrogens with one attached hydrogen (secondary N) is 2. The summed E-state index contributed by atoms with van der Waals surface area (Å²) in [6.07, 6.45) is 1.23. The topological polar surface area (TPSA) is 67.4 Å². The molecule has 0 fully saturated rings. The number of hydrogen-bond donors (Lipinski definition) is 2. The SMILES string of the molecule is CCCCNC(=O)c1ccccc1NC(=O)C(C)Oc1c(C)cccc1C. The minimum absolute atomic E-state index is 0.192. The predicted molar refractivity (Wildman–Crippen MR) is 108 cm³/mol. The molecule has 5 nitrogen and oxygen atoms in total. The lowest BCUT2D eigenvalue weighted by molar-refractivity contribution is -0.122. The Balaban J connectivity index is 2.08. The Morgan fingerprint density at radius 2 is 1.70 bits per heavy atom. The number of ether oxygens (including phenoxy) is 1. The quantitative estimate of drug-likeness (QED) is 0.685. The van der Waals surface area contributed by atoms with Gasteiger partial charge in [-0.1, -0.05) is 43.7 Å². The number of carbonyl (C=O) groups excluding carboxylic acids is 2. The first-order valence-corrected chi connectivity index (χ1v) is 9.35. The predicted octanol–water partition coefficient (Wildman–Crippen LogP) is 4.24. The average Bonchev–Trinajstić information content (AvgIpc) is 2.65.